The Labute approximate surface area is 143 Å². The number of anilines is 1. The van der Waals surface area contributed by atoms with Crippen molar-refractivity contribution in [3.63, 3.8) is 0 Å². The van der Waals surface area contributed by atoms with Gasteiger partial charge in [0.15, 0.2) is 0 Å². The van der Waals surface area contributed by atoms with Gasteiger partial charge >= 0.3 is 0 Å². The van der Waals surface area contributed by atoms with E-state index in [0.29, 0.717) is 35.9 Å². The Morgan fingerprint density at radius 3 is 2.79 bits per heavy atom. The zero-order valence-electron chi connectivity index (χ0n) is 14.3. The summed E-state index contributed by atoms with van der Waals surface area (Å²) in [6.07, 6.45) is 2.56. The molecule has 24 heavy (non-hydrogen) atoms. The van der Waals surface area contributed by atoms with Crippen LogP contribution in [-0.4, -0.2) is 52.6 Å². The fraction of sp³-hybridized carbons (Fsp3) is 0.700. The molecular formula is C20H26N2O2. The van der Waals surface area contributed by atoms with Crippen LogP contribution in [0.3, 0.4) is 0 Å². The number of hydrogen-bond acceptors (Lipinski definition) is 4. The number of nitrogens with zero attached hydrogens (tertiary/aromatic N) is 2. The molecule has 0 aromatic heterocycles. The second-order valence-corrected chi connectivity index (χ2v) is 8.81. The van der Waals surface area contributed by atoms with Gasteiger partial charge in [0.2, 0.25) is 0 Å². The summed E-state index contributed by atoms with van der Waals surface area (Å²) in [5.41, 5.74) is 2.51. The summed E-state index contributed by atoms with van der Waals surface area (Å²) in [6.45, 7) is 2.19. The van der Waals surface area contributed by atoms with E-state index in [1.165, 1.54) is 11.3 Å². The lowest BCUT2D eigenvalue weighted by molar-refractivity contribution is -0.211. The van der Waals surface area contributed by atoms with E-state index in [1.54, 1.807) is 0 Å². The minimum absolute atomic E-state index is 0.126. The van der Waals surface area contributed by atoms with Gasteiger partial charge in [0.25, 0.3) is 0 Å². The Morgan fingerprint density at radius 1 is 1.21 bits per heavy atom. The van der Waals surface area contributed by atoms with Crippen LogP contribution in [-0.2, 0) is 5.41 Å². The van der Waals surface area contributed by atoms with Gasteiger partial charge in [-0.2, -0.15) is 0 Å². The third kappa shape index (κ3) is 1.20. The van der Waals surface area contributed by atoms with Gasteiger partial charge in [-0.15, -0.1) is 0 Å². The van der Waals surface area contributed by atoms with Crippen molar-refractivity contribution >= 4 is 5.69 Å². The quantitative estimate of drug-likeness (QED) is 0.822. The van der Waals surface area contributed by atoms with Gasteiger partial charge < -0.3 is 15.1 Å². The molecule has 0 radical (unpaired) electrons. The molecule has 4 saturated heterocycles. The summed E-state index contributed by atoms with van der Waals surface area (Å²) in [6, 6.07) is 9.70. The van der Waals surface area contributed by atoms with E-state index in [9.17, 15) is 10.2 Å². The van der Waals surface area contributed by atoms with E-state index < -0.39 is 0 Å². The lowest BCUT2D eigenvalue weighted by atomic mass is 9.62. The Morgan fingerprint density at radius 2 is 2.00 bits per heavy atom. The molecule has 2 N–H and O–H groups in total. The minimum Gasteiger partial charge on any atom is -0.392 e. The van der Waals surface area contributed by atoms with Crippen LogP contribution in [0, 0.1) is 17.8 Å². The molecule has 5 heterocycles. The summed E-state index contributed by atoms with van der Waals surface area (Å²) < 4.78 is 0. The van der Waals surface area contributed by atoms with Gasteiger partial charge in [-0.25, -0.2) is 0 Å². The second kappa shape index (κ2) is 4.17. The van der Waals surface area contributed by atoms with Gasteiger partial charge in [-0.1, -0.05) is 25.1 Å². The summed E-state index contributed by atoms with van der Waals surface area (Å²) >= 11 is 0. The van der Waals surface area contributed by atoms with Crippen molar-refractivity contribution in [3.05, 3.63) is 29.8 Å². The minimum atomic E-state index is -0.319. The topological polar surface area (TPSA) is 46.9 Å². The zero-order valence-corrected chi connectivity index (χ0v) is 14.3. The third-order valence-corrected chi connectivity index (χ3v) is 8.46. The maximum Gasteiger partial charge on any atom is 0.111 e. The van der Waals surface area contributed by atoms with Crippen LogP contribution in [0.15, 0.2) is 24.3 Å². The molecule has 128 valence electrons. The largest absolute Gasteiger partial charge is 0.392 e. The molecule has 7 rings (SSSR count). The Kier molecular flexibility index (Phi) is 2.45. The molecule has 1 aliphatic carbocycles. The molecule has 1 spiro atoms. The van der Waals surface area contributed by atoms with Gasteiger partial charge in [0, 0.05) is 42.1 Å². The molecular weight excluding hydrogens is 300 g/mol. The van der Waals surface area contributed by atoms with Gasteiger partial charge in [-0.3, -0.25) is 4.90 Å². The summed E-state index contributed by atoms with van der Waals surface area (Å²) in [5, 5.41) is 22.6. The first-order valence-corrected chi connectivity index (χ1v) is 9.57. The number of benzene rings is 1. The number of hydrogen-bond donors (Lipinski definition) is 2. The molecule has 1 saturated carbocycles. The first-order valence-electron chi connectivity index (χ1n) is 9.57. The predicted octanol–water partition coefficient (Wildman–Crippen LogP) is 1.55. The molecule has 1 unspecified atom stereocenters. The second-order valence-electron chi connectivity index (χ2n) is 8.81. The number of fused-ring (bicyclic) bond motifs is 2. The number of piperidine rings is 4. The highest BCUT2D eigenvalue weighted by molar-refractivity contribution is 5.67. The molecule has 5 fully saturated rings. The first kappa shape index (κ1) is 14.1. The summed E-state index contributed by atoms with van der Waals surface area (Å²) in [4.78, 5) is 4.83. The highest BCUT2D eigenvalue weighted by atomic mass is 16.3. The molecule has 5 aliphatic heterocycles. The van der Waals surface area contributed by atoms with Crippen molar-refractivity contribution in [2.24, 2.45) is 17.8 Å². The van der Waals surface area contributed by atoms with Gasteiger partial charge in [0.1, 0.15) is 6.23 Å². The summed E-state index contributed by atoms with van der Waals surface area (Å²) in [5.74, 6) is 1.14. The molecule has 4 nitrogen and oxygen atoms in total. The van der Waals surface area contributed by atoms with Gasteiger partial charge in [-0.05, 0) is 36.8 Å². The van der Waals surface area contributed by atoms with Crippen molar-refractivity contribution < 1.29 is 10.2 Å². The van der Waals surface area contributed by atoms with E-state index in [4.69, 9.17) is 0 Å². The molecule has 1 aromatic carbocycles. The number of para-hydroxylation sites is 1. The monoisotopic (exact) mass is 326 g/mol. The van der Waals surface area contributed by atoms with Crippen molar-refractivity contribution in [2.75, 3.05) is 11.9 Å². The molecule has 5 bridgehead atoms. The van der Waals surface area contributed by atoms with Crippen LogP contribution in [0.1, 0.15) is 31.7 Å². The van der Waals surface area contributed by atoms with Crippen LogP contribution in [0.2, 0.25) is 0 Å². The maximum absolute atomic E-state index is 11.6. The number of aliphatic hydroxyl groups is 2. The fourth-order valence-corrected chi connectivity index (χ4v) is 7.88. The predicted molar refractivity (Wildman–Crippen MR) is 91.7 cm³/mol. The van der Waals surface area contributed by atoms with Crippen molar-refractivity contribution in [1.29, 1.82) is 0 Å². The van der Waals surface area contributed by atoms with Crippen LogP contribution < -0.4 is 4.90 Å². The lowest BCUT2D eigenvalue weighted by Crippen LogP contribution is -2.72. The Bertz CT molecular complexity index is 723. The van der Waals surface area contributed by atoms with Crippen LogP contribution in [0.4, 0.5) is 5.69 Å². The standard InChI is InChI=1S/C20H26N2O2/c1-3-10-11-8-14-17-20(12-6-4-5-7-13(12)21(17)2)9-15(16(11)18(20)23)22(14)19(10)24/h4-7,10-11,14-19,23-24H,3,8-9H2,1-2H3/t10-,11+,14-,15-,16-,17-,18-,19-,20+/m0/s1. The Hall–Kier alpha value is -1.10. The smallest absolute Gasteiger partial charge is 0.111 e. The normalized spacial score (nSPS) is 55.8. The van der Waals surface area contributed by atoms with E-state index in [-0.39, 0.29) is 17.7 Å². The molecule has 6 aliphatic rings. The van der Waals surface area contributed by atoms with Crippen LogP contribution >= 0.6 is 0 Å². The molecule has 0 amide bonds. The van der Waals surface area contributed by atoms with E-state index in [1.807, 2.05) is 0 Å². The number of rotatable bonds is 1. The van der Waals surface area contributed by atoms with Crippen molar-refractivity contribution in [2.45, 2.75) is 62.1 Å². The molecule has 4 heteroatoms. The fourth-order valence-electron chi connectivity index (χ4n) is 7.88. The van der Waals surface area contributed by atoms with Crippen molar-refractivity contribution in [1.82, 2.24) is 4.90 Å². The molecule has 1 aromatic rings. The number of aliphatic hydroxyl groups excluding tert-OH is 2. The van der Waals surface area contributed by atoms with E-state index >= 15 is 0 Å². The average Bonchev–Trinajstić information content (AvgIpc) is 2.97. The highest BCUT2D eigenvalue weighted by Crippen LogP contribution is 2.68. The number of likely N-dealkylation sites (N-methyl/N-ethyl adjacent to an activating group) is 1. The zero-order chi connectivity index (χ0) is 16.4. The molecule has 10 atom stereocenters. The van der Waals surface area contributed by atoms with E-state index in [2.05, 4.69) is 48.0 Å². The van der Waals surface area contributed by atoms with Crippen molar-refractivity contribution in [3.8, 4) is 0 Å². The van der Waals surface area contributed by atoms with Crippen LogP contribution in [0.25, 0.3) is 0 Å². The van der Waals surface area contributed by atoms with Crippen LogP contribution in [0.5, 0.6) is 0 Å². The summed E-state index contributed by atoms with van der Waals surface area (Å²) in [7, 11) is 2.19. The maximum atomic E-state index is 11.6. The van der Waals surface area contributed by atoms with E-state index in [0.717, 1.165) is 19.3 Å². The Balaban J connectivity index is 1.60. The lowest BCUT2D eigenvalue weighted by Gasteiger charge is -2.62. The SMILES string of the molecule is CC[C@H]1[C@H]2C[C@H]3[C@@H]4N(C)c5ccccc5[C@]45C[C@@H]([C@H]2[C@@H]5O)N3[C@H]1O. The first-order chi connectivity index (χ1) is 11.6. The highest BCUT2D eigenvalue weighted by Gasteiger charge is 2.76. The van der Waals surface area contributed by atoms with Gasteiger partial charge in [0.05, 0.1) is 12.1 Å². The average molecular weight is 326 g/mol. The third-order valence-electron chi connectivity index (χ3n) is 8.46.